The summed E-state index contributed by atoms with van der Waals surface area (Å²) in [6.07, 6.45) is 7.73. The van der Waals surface area contributed by atoms with E-state index in [-0.39, 0.29) is 11.8 Å². The SMILES string of the molecule is CCCCC(CC)C(=O)NC1(C(=O)O)CCC(CC)CC1. The van der Waals surface area contributed by atoms with E-state index in [0.717, 1.165) is 44.9 Å². The van der Waals surface area contributed by atoms with Crippen LogP contribution >= 0.6 is 0 Å². The molecular weight excluding hydrogens is 266 g/mol. The van der Waals surface area contributed by atoms with E-state index in [1.54, 1.807) is 0 Å². The van der Waals surface area contributed by atoms with Crippen molar-refractivity contribution in [3.05, 3.63) is 0 Å². The fourth-order valence-electron chi connectivity index (χ4n) is 3.28. The largest absolute Gasteiger partial charge is 0.480 e. The Hall–Kier alpha value is -1.06. The normalized spacial score (nSPS) is 27.1. The number of carbonyl (C=O) groups is 2. The molecule has 0 aliphatic heterocycles. The van der Waals surface area contributed by atoms with Crippen molar-refractivity contribution in [1.29, 1.82) is 0 Å². The average molecular weight is 297 g/mol. The molecule has 0 spiro atoms. The first-order valence-corrected chi connectivity index (χ1v) is 8.54. The van der Waals surface area contributed by atoms with Gasteiger partial charge in [0.15, 0.2) is 0 Å². The number of carboxylic acids is 1. The number of hydrogen-bond acceptors (Lipinski definition) is 2. The van der Waals surface area contributed by atoms with Gasteiger partial charge in [0.2, 0.25) is 5.91 Å². The molecule has 0 saturated heterocycles. The second-order valence-corrected chi connectivity index (χ2v) is 6.48. The van der Waals surface area contributed by atoms with Crippen LogP contribution in [0.3, 0.4) is 0 Å². The fourth-order valence-corrected chi connectivity index (χ4v) is 3.28. The summed E-state index contributed by atoms with van der Waals surface area (Å²) in [5.41, 5.74) is -1.03. The first-order chi connectivity index (χ1) is 9.99. The van der Waals surface area contributed by atoms with Gasteiger partial charge in [0.25, 0.3) is 0 Å². The molecule has 1 amide bonds. The highest BCUT2D eigenvalue weighted by atomic mass is 16.4. The van der Waals surface area contributed by atoms with Gasteiger partial charge in [-0.25, -0.2) is 4.79 Å². The quantitative estimate of drug-likeness (QED) is 0.717. The molecule has 0 aromatic rings. The zero-order valence-electron chi connectivity index (χ0n) is 13.8. The maximum Gasteiger partial charge on any atom is 0.329 e. The standard InChI is InChI=1S/C17H31NO3/c1-4-7-8-14(6-3)15(19)18-17(16(20)21)11-9-13(5-2)10-12-17/h13-14H,4-12H2,1-3H3,(H,18,19)(H,20,21). The van der Waals surface area contributed by atoms with E-state index in [1.165, 1.54) is 0 Å². The van der Waals surface area contributed by atoms with E-state index in [2.05, 4.69) is 19.2 Å². The van der Waals surface area contributed by atoms with E-state index < -0.39 is 11.5 Å². The lowest BCUT2D eigenvalue weighted by Gasteiger charge is -2.38. The highest BCUT2D eigenvalue weighted by Gasteiger charge is 2.43. The zero-order valence-corrected chi connectivity index (χ0v) is 13.8. The molecule has 2 N–H and O–H groups in total. The lowest BCUT2D eigenvalue weighted by Crippen LogP contribution is -2.57. The number of unbranched alkanes of at least 4 members (excludes halogenated alkanes) is 1. The Morgan fingerprint density at radius 3 is 2.29 bits per heavy atom. The minimum absolute atomic E-state index is 0.0509. The maximum atomic E-state index is 12.4. The fraction of sp³-hybridized carbons (Fsp3) is 0.882. The van der Waals surface area contributed by atoms with Gasteiger partial charge in [0, 0.05) is 5.92 Å². The Balaban J connectivity index is 2.70. The van der Waals surface area contributed by atoms with Gasteiger partial charge in [-0.2, -0.15) is 0 Å². The minimum atomic E-state index is -1.03. The average Bonchev–Trinajstić information content (AvgIpc) is 2.48. The number of carbonyl (C=O) groups excluding carboxylic acids is 1. The third-order valence-electron chi connectivity index (χ3n) is 5.08. The molecule has 0 aromatic heterocycles. The molecule has 1 aliphatic carbocycles. The van der Waals surface area contributed by atoms with E-state index in [1.807, 2.05) is 6.92 Å². The van der Waals surface area contributed by atoms with Crippen LogP contribution in [0.4, 0.5) is 0 Å². The number of carboxylic acid groups (broad SMARTS) is 1. The summed E-state index contributed by atoms with van der Waals surface area (Å²) in [5, 5.41) is 12.5. The van der Waals surface area contributed by atoms with Gasteiger partial charge in [-0.05, 0) is 44.4 Å². The predicted octanol–water partition coefficient (Wildman–Crippen LogP) is 3.74. The van der Waals surface area contributed by atoms with E-state index in [4.69, 9.17) is 0 Å². The third kappa shape index (κ3) is 4.72. The molecule has 4 heteroatoms. The maximum absolute atomic E-state index is 12.4. The highest BCUT2D eigenvalue weighted by molar-refractivity contribution is 5.88. The van der Waals surface area contributed by atoms with Crippen molar-refractivity contribution < 1.29 is 14.7 Å². The number of aliphatic carboxylic acids is 1. The Labute approximate surface area is 128 Å². The van der Waals surface area contributed by atoms with Gasteiger partial charge in [0.1, 0.15) is 5.54 Å². The van der Waals surface area contributed by atoms with Crippen LogP contribution in [0.2, 0.25) is 0 Å². The van der Waals surface area contributed by atoms with Gasteiger partial charge in [-0.3, -0.25) is 4.79 Å². The Kier molecular flexibility index (Phi) is 7.20. The molecule has 1 fully saturated rings. The van der Waals surface area contributed by atoms with Crippen LogP contribution in [0, 0.1) is 11.8 Å². The summed E-state index contributed by atoms with van der Waals surface area (Å²) in [7, 11) is 0. The monoisotopic (exact) mass is 297 g/mol. The summed E-state index contributed by atoms with van der Waals surface area (Å²) in [6.45, 7) is 6.26. The van der Waals surface area contributed by atoms with Crippen LogP contribution in [-0.2, 0) is 9.59 Å². The van der Waals surface area contributed by atoms with Crippen molar-refractivity contribution in [2.75, 3.05) is 0 Å². The van der Waals surface area contributed by atoms with Crippen molar-refractivity contribution >= 4 is 11.9 Å². The molecule has 1 aliphatic rings. The smallest absolute Gasteiger partial charge is 0.329 e. The highest BCUT2D eigenvalue weighted by Crippen LogP contribution is 2.34. The summed E-state index contributed by atoms with van der Waals surface area (Å²) in [5.74, 6) is -0.374. The van der Waals surface area contributed by atoms with Crippen molar-refractivity contribution in [3.8, 4) is 0 Å². The van der Waals surface area contributed by atoms with Gasteiger partial charge in [0.05, 0.1) is 0 Å². The van der Waals surface area contributed by atoms with Crippen LogP contribution in [0.15, 0.2) is 0 Å². The molecule has 1 unspecified atom stereocenters. The number of nitrogens with one attached hydrogen (secondary N) is 1. The number of hydrogen-bond donors (Lipinski definition) is 2. The van der Waals surface area contributed by atoms with Crippen molar-refractivity contribution in [2.24, 2.45) is 11.8 Å². The summed E-state index contributed by atoms with van der Waals surface area (Å²) in [6, 6.07) is 0. The Bertz CT molecular complexity index is 346. The van der Waals surface area contributed by atoms with E-state index in [9.17, 15) is 14.7 Å². The second kappa shape index (κ2) is 8.40. The summed E-state index contributed by atoms with van der Waals surface area (Å²) >= 11 is 0. The zero-order chi connectivity index (χ0) is 15.9. The third-order valence-corrected chi connectivity index (χ3v) is 5.08. The first kappa shape index (κ1) is 18.0. The van der Waals surface area contributed by atoms with Crippen LogP contribution in [-0.4, -0.2) is 22.5 Å². The first-order valence-electron chi connectivity index (χ1n) is 8.54. The summed E-state index contributed by atoms with van der Waals surface area (Å²) < 4.78 is 0. The predicted molar refractivity (Wildman–Crippen MR) is 84.1 cm³/mol. The minimum Gasteiger partial charge on any atom is -0.480 e. The molecule has 0 aromatic carbocycles. The van der Waals surface area contributed by atoms with Crippen molar-refractivity contribution in [1.82, 2.24) is 5.32 Å². The van der Waals surface area contributed by atoms with Gasteiger partial charge < -0.3 is 10.4 Å². The lowest BCUT2D eigenvalue weighted by molar-refractivity contribution is -0.150. The molecule has 1 saturated carbocycles. The van der Waals surface area contributed by atoms with Crippen molar-refractivity contribution in [3.63, 3.8) is 0 Å². The van der Waals surface area contributed by atoms with Crippen LogP contribution in [0.25, 0.3) is 0 Å². The Morgan fingerprint density at radius 2 is 1.86 bits per heavy atom. The molecule has 0 bridgehead atoms. The van der Waals surface area contributed by atoms with Crippen LogP contribution in [0.5, 0.6) is 0 Å². The van der Waals surface area contributed by atoms with Gasteiger partial charge in [-0.15, -0.1) is 0 Å². The molecule has 122 valence electrons. The van der Waals surface area contributed by atoms with E-state index in [0.29, 0.717) is 18.8 Å². The van der Waals surface area contributed by atoms with Gasteiger partial charge >= 0.3 is 5.97 Å². The molecule has 0 heterocycles. The summed E-state index contributed by atoms with van der Waals surface area (Å²) in [4.78, 5) is 24.2. The van der Waals surface area contributed by atoms with Gasteiger partial charge in [-0.1, -0.05) is 40.0 Å². The molecular formula is C17H31NO3. The molecule has 0 radical (unpaired) electrons. The lowest BCUT2D eigenvalue weighted by atomic mass is 9.75. The topological polar surface area (TPSA) is 66.4 Å². The molecule has 1 rings (SSSR count). The molecule has 21 heavy (non-hydrogen) atoms. The molecule has 4 nitrogen and oxygen atoms in total. The second-order valence-electron chi connectivity index (χ2n) is 6.48. The Morgan fingerprint density at radius 1 is 1.24 bits per heavy atom. The number of rotatable bonds is 8. The number of amides is 1. The molecule has 1 atom stereocenters. The van der Waals surface area contributed by atoms with E-state index >= 15 is 0 Å². The van der Waals surface area contributed by atoms with Crippen molar-refractivity contribution in [2.45, 2.75) is 84.1 Å². The van der Waals surface area contributed by atoms with Crippen LogP contribution in [0.1, 0.15) is 78.6 Å². The van der Waals surface area contributed by atoms with Crippen LogP contribution < -0.4 is 5.32 Å².